The number of hydrogen-bond donors (Lipinski definition) is 1. The Hall–Kier alpha value is -2.38. The molecular weight excluding hydrogens is 273 g/mol. The highest BCUT2D eigenvalue weighted by atomic mass is 19.2. The maximum atomic E-state index is 13.2. The summed E-state index contributed by atoms with van der Waals surface area (Å²) in [5.41, 5.74) is -0.0127. The molecule has 2 rings (SSSR count). The minimum Gasteiger partial charge on any atom is -0.464 e. The molecule has 20 heavy (non-hydrogen) atoms. The van der Waals surface area contributed by atoms with Gasteiger partial charge in [0, 0.05) is 12.6 Å². The van der Waals surface area contributed by atoms with Crippen LogP contribution in [0, 0.1) is 17.5 Å². The Morgan fingerprint density at radius 3 is 2.30 bits per heavy atom. The molecule has 5 nitrogen and oxygen atoms in total. The monoisotopic (exact) mass is 284 g/mol. The van der Waals surface area contributed by atoms with Crippen molar-refractivity contribution in [3.63, 3.8) is 0 Å². The predicted molar refractivity (Wildman–Crippen MR) is 65.9 cm³/mol. The zero-order chi connectivity index (χ0) is 14.7. The van der Waals surface area contributed by atoms with Gasteiger partial charge in [-0.05, 0) is 19.1 Å². The van der Waals surface area contributed by atoms with Crippen molar-refractivity contribution >= 4 is 5.95 Å². The van der Waals surface area contributed by atoms with E-state index in [1.54, 1.807) is 14.0 Å². The van der Waals surface area contributed by atoms with Crippen molar-refractivity contribution in [2.24, 2.45) is 0 Å². The molecule has 0 aliphatic heterocycles. The molecule has 2 aromatic rings. The summed E-state index contributed by atoms with van der Waals surface area (Å²) in [7, 11) is 1.57. The fraction of sp³-hybridized carbons (Fsp3) is 0.250. The summed E-state index contributed by atoms with van der Waals surface area (Å²) in [5, 5.41) is 2.67. The van der Waals surface area contributed by atoms with Crippen molar-refractivity contribution in [1.82, 2.24) is 15.0 Å². The fourth-order valence-corrected chi connectivity index (χ4v) is 1.48. The molecule has 0 saturated heterocycles. The molecule has 0 saturated carbocycles. The number of ether oxygens (including phenoxy) is 1. The van der Waals surface area contributed by atoms with Crippen LogP contribution >= 0.6 is 0 Å². The van der Waals surface area contributed by atoms with Gasteiger partial charge in [0.15, 0.2) is 23.3 Å². The van der Waals surface area contributed by atoms with Gasteiger partial charge in [-0.3, -0.25) is 0 Å². The Morgan fingerprint density at radius 2 is 1.75 bits per heavy atom. The van der Waals surface area contributed by atoms with E-state index in [4.69, 9.17) is 4.74 Å². The van der Waals surface area contributed by atoms with Crippen LogP contribution in [0.2, 0.25) is 0 Å². The average Bonchev–Trinajstić information content (AvgIpc) is 2.44. The summed E-state index contributed by atoms with van der Waals surface area (Å²) in [6.07, 6.45) is 0. The van der Waals surface area contributed by atoms with Crippen molar-refractivity contribution in [1.29, 1.82) is 0 Å². The lowest BCUT2D eigenvalue weighted by atomic mass is 10.2. The molecule has 1 aromatic carbocycles. The summed E-state index contributed by atoms with van der Waals surface area (Å²) >= 11 is 0. The van der Waals surface area contributed by atoms with Gasteiger partial charge in [0.2, 0.25) is 5.95 Å². The molecule has 0 spiro atoms. The summed E-state index contributed by atoms with van der Waals surface area (Å²) in [5.74, 6) is -4.02. The predicted octanol–water partition coefficient (Wildman–Crippen LogP) is 2.40. The van der Waals surface area contributed by atoms with E-state index >= 15 is 0 Å². The highest BCUT2D eigenvalue weighted by Gasteiger charge is 2.15. The third-order valence-electron chi connectivity index (χ3n) is 2.35. The molecular formula is C12H11F3N4O. The Balaban J connectivity index is 2.53. The number of rotatable bonds is 4. The third kappa shape index (κ3) is 2.79. The van der Waals surface area contributed by atoms with Crippen LogP contribution in [0.5, 0.6) is 6.01 Å². The van der Waals surface area contributed by atoms with Gasteiger partial charge >= 0.3 is 6.01 Å². The molecule has 0 atom stereocenters. The first-order chi connectivity index (χ1) is 9.55. The summed E-state index contributed by atoms with van der Waals surface area (Å²) in [4.78, 5) is 11.8. The van der Waals surface area contributed by atoms with Crippen LogP contribution in [0.15, 0.2) is 12.1 Å². The molecule has 0 radical (unpaired) electrons. The van der Waals surface area contributed by atoms with E-state index in [-0.39, 0.29) is 23.3 Å². The average molecular weight is 284 g/mol. The van der Waals surface area contributed by atoms with Gasteiger partial charge < -0.3 is 10.1 Å². The number of nitrogens with one attached hydrogen (secondary N) is 1. The maximum Gasteiger partial charge on any atom is 0.321 e. The molecule has 0 bridgehead atoms. The lowest BCUT2D eigenvalue weighted by Crippen LogP contribution is -2.05. The molecule has 0 amide bonds. The first-order valence-electron chi connectivity index (χ1n) is 5.76. The van der Waals surface area contributed by atoms with Gasteiger partial charge in [0.05, 0.1) is 6.61 Å². The van der Waals surface area contributed by atoms with Crippen LogP contribution in [-0.2, 0) is 0 Å². The number of nitrogens with zero attached hydrogens (tertiary/aromatic N) is 3. The van der Waals surface area contributed by atoms with Crippen molar-refractivity contribution in [3.05, 3.63) is 29.6 Å². The first kappa shape index (κ1) is 14.0. The van der Waals surface area contributed by atoms with E-state index in [0.717, 1.165) is 12.1 Å². The summed E-state index contributed by atoms with van der Waals surface area (Å²) < 4.78 is 44.5. The van der Waals surface area contributed by atoms with E-state index in [1.165, 1.54) is 0 Å². The van der Waals surface area contributed by atoms with Crippen LogP contribution in [0.1, 0.15) is 6.92 Å². The second-order valence-corrected chi connectivity index (χ2v) is 3.70. The first-order valence-corrected chi connectivity index (χ1v) is 5.76. The van der Waals surface area contributed by atoms with Crippen molar-refractivity contribution in [3.8, 4) is 17.4 Å². The number of hydrogen-bond acceptors (Lipinski definition) is 5. The molecule has 1 aromatic heterocycles. The molecule has 0 aliphatic rings. The fourth-order valence-electron chi connectivity index (χ4n) is 1.48. The van der Waals surface area contributed by atoms with Gasteiger partial charge in [-0.2, -0.15) is 15.0 Å². The van der Waals surface area contributed by atoms with Crippen molar-refractivity contribution in [2.45, 2.75) is 6.92 Å². The van der Waals surface area contributed by atoms with Crippen LogP contribution in [0.3, 0.4) is 0 Å². The molecule has 106 valence electrons. The third-order valence-corrected chi connectivity index (χ3v) is 2.35. The van der Waals surface area contributed by atoms with Gasteiger partial charge in [-0.15, -0.1) is 0 Å². The van der Waals surface area contributed by atoms with E-state index in [9.17, 15) is 13.2 Å². The van der Waals surface area contributed by atoms with Crippen LogP contribution < -0.4 is 10.1 Å². The van der Waals surface area contributed by atoms with E-state index in [0.29, 0.717) is 6.61 Å². The zero-order valence-electron chi connectivity index (χ0n) is 10.7. The lowest BCUT2D eigenvalue weighted by Gasteiger charge is -2.07. The maximum absolute atomic E-state index is 13.2. The van der Waals surface area contributed by atoms with Crippen LogP contribution in [0.4, 0.5) is 19.1 Å². The Labute approximate surface area is 112 Å². The smallest absolute Gasteiger partial charge is 0.321 e. The summed E-state index contributed by atoms with van der Waals surface area (Å²) in [6, 6.07) is 1.62. The highest BCUT2D eigenvalue weighted by molar-refractivity contribution is 5.56. The van der Waals surface area contributed by atoms with Gasteiger partial charge in [-0.25, -0.2) is 13.2 Å². The molecule has 1 N–H and O–H groups in total. The molecule has 1 heterocycles. The topological polar surface area (TPSA) is 59.9 Å². The van der Waals surface area contributed by atoms with E-state index < -0.39 is 17.5 Å². The van der Waals surface area contributed by atoms with Gasteiger partial charge in [-0.1, -0.05) is 0 Å². The number of benzene rings is 1. The quantitative estimate of drug-likeness (QED) is 0.874. The van der Waals surface area contributed by atoms with Crippen LogP contribution in [0.25, 0.3) is 11.4 Å². The normalized spacial score (nSPS) is 10.4. The molecule has 8 heteroatoms. The van der Waals surface area contributed by atoms with Crippen LogP contribution in [-0.4, -0.2) is 28.6 Å². The Kier molecular flexibility index (Phi) is 4.02. The highest BCUT2D eigenvalue weighted by Crippen LogP contribution is 2.23. The molecule has 0 aliphatic carbocycles. The zero-order valence-corrected chi connectivity index (χ0v) is 10.7. The Bertz CT molecular complexity index is 613. The largest absolute Gasteiger partial charge is 0.464 e. The second-order valence-electron chi connectivity index (χ2n) is 3.70. The standard InChI is InChI=1S/C12H11F3N4O/c1-3-20-12-18-10(17-11(16-2)19-12)6-4-7(13)9(15)8(14)5-6/h4-5H,3H2,1-2H3,(H,16,17,18,19). The minimum absolute atomic E-state index is 0.00647. The van der Waals surface area contributed by atoms with Gasteiger partial charge in [0.1, 0.15) is 0 Å². The van der Waals surface area contributed by atoms with Crippen molar-refractivity contribution < 1.29 is 17.9 Å². The van der Waals surface area contributed by atoms with E-state index in [1.807, 2.05) is 0 Å². The Morgan fingerprint density at radius 1 is 1.10 bits per heavy atom. The SMILES string of the molecule is CCOc1nc(NC)nc(-c2cc(F)c(F)c(F)c2)n1. The molecule has 0 fully saturated rings. The lowest BCUT2D eigenvalue weighted by molar-refractivity contribution is 0.312. The number of aromatic nitrogens is 3. The molecule has 0 unspecified atom stereocenters. The number of anilines is 1. The van der Waals surface area contributed by atoms with E-state index in [2.05, 4.69) is 20.3 Å². The minimum atomic E-state index is -1.54. The second kappa shape index (κ2) is 5.72. The van der Waals surface area contributed by atoms with Gasteiger partial charge in [0.25, 0.3) is 0 Å². The summed E-state index contributed by atoms with van der Waals surface area (Å²) in [6.45, 7) is 2.05. The number of halogens is 3. The van der Waals surface area contributed by atoms with Crippen molar-refractivity contribution in [2.75, 3.05) is 19.0 Å².